The summed E-state index contributed by atoms with van der Waals surface area (Å²) in [5.74, 6) is 0.844. The van der Waals surface area contributed by atoms with Gasteiger partial charge in [0.2, 0.25) is 0 Å². The molecule has 2 unspecified atom stereocenters. The van der Waals surface area contributed by atoms with Crippen molar-refractivity contribution in [2.75, 3.05) is 0 Å². The van der Waals surface area contributed by atoms with Crippen LogP contribution in [0.1, 0.15) is 0 Å². The Morgan fingerprint density at radius 1 is 1.13 bits per heavy atom. The zero-order chi connectivity index (χ0) is 10.3. The Hall–Kier alpha value is -1.48. The van der Waals surface area contributed by atoms with Crippen LogP contribution in [0.15, 0.2) is 48.6 Å². The number of hydrogen-bond donors (Lipinski definition) is 1. The van der Waals surface area contributed by atoms with Gasteiger partial charge in [0.25, 0.3) is 0 Å². The monoisotopic (exact) mass is 198 g/mol. The molecule has 1 aliphatic heterocycles. The van der Waals surface area contributed by atoms with Crippen molar-refractivity contribution in [3.63, 3.8) is 0 Å². The van der Waals surface area contributed by atoms with Crippen LogP contribution in [-0.4, -0.2) is 18.0 Å². The minimum absolute atomic E-state index is 0.0279. The van der Waals surface area contributed by atoms with Crippen molar-refractivity contribution >= 4 is 12.4 Å². The average molecular weight is 198 g/mol. The van der Waals surface area contributed by atoms with Gasteiger partial charge in [-0.1, -0.05) is 36.4 Å². The lowest BCUT2D eigenvalue weighted by Gasteiger charge is -2.33. The SMILES string of the molecule is OB1c2ccccc2OC2C=CC=CC12. The van der Waals surface area contributed by atoms with E-state index in [0.717, 1.165) is 11.2 Å². The van der Waals surface area contributed by atoms with Crippen LogP contribution in [0, 0.1) is 0 Å². The zero-order valence-corrected chi connectivity index (χ0v) is 8.21. The average Bonchev–Trinajstić information content (AvgIpc) is 2.30. The summed E-state index contributed by atoms with van der Waals surface area (Å²) < 4.78 is 5.81. The standard InChI is InChI=1S/C12H11BO2/c14-13-9-5-1-3-7-11(9)15-12-8-4-2-6-10(12)13/h1-9,11,14H. The molecule has 0 bridgehead atoms. The summed E-state index contributed by atoms with van der Waals surface area (Å²) in [6.45, 7) is -0.457. The molecule has 2 atom stereocenters. The van der Waals surface area contributed by atoms with Gasteiger partial charge in [-0.3, -0.25) is 0 Å². The van der Waals surface area contributed by atoms with E-state index in [9.17, 15) is 5.02 Å². The quantitative estimate of drug-likeness (QED) is 0.633. The summed E-state index contributed by atoms with van der Waals surface area (Å²) in [6.07, 6.45) is 7.89. The molecule has 2 aliphatic rings. The fourth-order valence-corrected chi connectivity index (χ4v) is 2.19. The number of para-hydroxylation sites is 1. The van der Waals surface area contributed by atoms with Crippen molar-refractivity contribution < 1.29 is 9.76 Å². The van der Waals surface area contributed by atoms with Crippen molar-refractivity contribution in [1.82, 2.24) is 0 Å². The molecule has 0 saturated carbocycles. The molecule has 1 heterocycles. The molecule has 1 aliphatic carbocycles. The number of benzene rings is 1. The highest BCUT2D eigenvalue weighted by Crippen LogP contribution is 2.30. The molecule has 0 spiro atoms. The van der Waals surface area contributed by atoms with Crippen LogP contribution in [0.2, 0.25) is 5.82 Å². The molecule has 0 radical (unpaired) electrons. The minimum atomic E-state index is -0.457. The van der Waals surface area contributed by atoms with Gasteiger partial charge in [0, 0.05) is 5.82 Å². The molecule has 0 saturated heterocycles. The smallest absolute Gasteiger partial charge is 0.338 e. The van der Waals surface area contributed by atoms with Crippen molar-refractivity contribution in [3.05, 3.63) is 48.6 Å². The number of hydrogen-bond acceptors (Lipinski definition) is 2. The van der Waals surface area contributed by atoms with Gasteiger partial charge >= 0.3 is 6.92 Å². The third kappa shape index (κ3) is 1.31. The number of ether oxygens (including phenoxy) is 1. The van der Waals surface area contributed by atoms with Crippen LogP contribution in [0.3, 0.4) is 0 Å². The van der Waals surface area contributed by atoms with E-state index in [1.807, 2.05) is 48.6 Å². The summed E-state index contributed by atoms with van der Waals surface area (Å²) in [7, 11) is 0. The molecule has 3 rings (SSSR count). The van der Waals surface area contributed by atoms with Crippen molar-refractivity contribution in [2.24, 2.45) is 0 Å². The van der Waals surface area contributed by atoms with Gasteiger partial charge in [0.1, 0.15) is 11.9 Å². The summed E-state index contributed by atoms with van der Waals surface area (Å²) in [6, 6.07) is 7.67. The third-order valence-corrected chi connectivity index (χ3v) is 2.99. The highest BCUT2D eigenvalue weighted by Gasteiger charge is 2.38. The molecular formula is C12H11BO2. The number of fused-ring (bicyclic) bond motifs is 2. The summed E-state index contributed by atoms with van der Waals surface area (Å²) in [5.41, 5.74) is 0.888. The van der Waals surface area contributed by atoms with E-state index in [-0.39, 0.29) is 11.9 Å². The molecule has 0 fully saturated rings. The molecule has 74 valence electrons. The van der Waals surface area contributed by atoms with Crippen LogP contribution < -0.4 is 10.2 Å². The molecule has 0 amide bonds. The van der Waals surface area contributed by atoms with Gasteiger partial charge in [0.15, 0.2) is 0 Å². The van der Waals surface area contributed by atoms with E-state index in [0.29, 0.717) is 0 Å². The van der Waals surface area contributed by atoms with Crippen LogP contribution in [0.5, 0.6) is 5.75 Å². The van der Waals surface area contributed by atoms with Gasteiger partial charge in [-0.15, -0.1) is 0 Å². The van der Waals surface area contributed by atoms with E-state index in [1.54, 1.807) is 0 Å². The maximum Gasteiger partial charge on any atom is 0.338 e. The molecule has 0 aromatic heterocycles. The van der Waals surface area contributed by atoms with Crippen LogP contribution in [0.25, 0.3) is 0 Å². The van der Waals surface area contributed by atoms with E-state index in [2.05, 4.69) is 0 Å². The van der Waals surface area contributed by atoms with Crippen LogP contribution in [-0.2, 0) is 0 Å². The molecular weight excluding hydrogens is 187 g/mol. The first-order valence-corrected chi connectivity index (χ1v) is 5.15. The lowest BCUT2D eigenvalue weighted by atomic mass is 9.48. The van der Waals surface area contributed by atoms with Gasteiger partial charge in [0.05, 0.1) is 0 Å². The topological polar surface area (TPSA) is 29.5 Å². The molecule has 1 aromatic rings. The lowest BCUT2D eigenvalue weighted by Crippen LogP contribution is -2.47. The normalized spacial score (nSPS) is 26.9. The van der Waals surface area contributed by atoms with E-state index >= 15 is 0 Å². The van der Waals surface area contributed by atoms with Gasteiger partial charge in [-0.25, -0.2) is 0 Å². The lowest BCUT2D eigenvalue weighted by molar-refractivity contribution is 0.239. The molecule has 1 aromatic carbocycles. The predicted molar refractivity (Wildman–Crippen MR) is 60.5 cm³/mol. The summed E-state index contributed by atoms with van der Waals surface area (Å²) >= 11 is 0. The summed E-state index contributed by atoms with van der Waals surface area (Å²) in [5, 5.41) is 10.2. The fourth-order valence-electron chi connectivity index (χ4n) is 2.19. The highest BCUT2D eigenvalue weighted by molar-refractivity contribution is 6.69. The van der Waals surface area contributed by atoms with E-state index in [1.165, 1.54) is 0 Å². The molecule has 1 N–H and O–H groups in total. The fraction of sp³-hybridized carbons (Fsp3) is 0.167. The molecule has 3 heteroatoms. The minimum Gasteiger partial charge on any atom is -0.487 e. The van der Waals surface area contributed by atoms with E-state index in [4.69, 9.17) is 4.74 Å². The Morgan fingerprint density at radius 2 is 1.93 bits per heavy atom. The third-order valence-electron chi connectivity index (χ3n) is 2.99. The number of allylic oxidation sites excluding steroid dienone is 2. The Labute approximate surface area is 89.0 Å². The van der Waals surface area contributed by atoms with Crippen molar-refractivity contribution in [3.8, 4) is 5.75 Å². The Balaban J connectivity index is 2.07. The maximum atomic E-state index is 10.2. The van der Waals surface area contributed by atoms with Crippen LogP contribution in [0.4, 0.5) is 0 Å². The second kappa shape index (κ2) is 3.28. The first-order chi connectivity index (χ1) is 7.36. The largest absolute Gasteiger partial charge is 0.487 e. The Morgan fingerprint density at radius 3 is 2.87 bits per heavy atom. The van der Waals surface area contributed by atoms with Crippen LogP contribution >= 0.6 is 0 Å². The van der Waals surface area contributed by atoms with Gasteiger partial charge in [-0.05, 0) is 17.6 Å². The zero-order valence-electron chi connectivity index (χ0n) is 8.21. The molecule has 2 nitrogen and oxygen atoms in total. The second-order valence-corrected chi connectivity index (χ2v) is 3.91. The predicted octanol–water partition coefficient (Wildman–Crippen LogP) is 1.13. The highest BCUT2D eigenvalue weighted by atomic mass is 16.5. The number of rotatable bonds is 0. The van der Waals surface area contributed by atoms with Gasteiger partial charge in [-0.2, -0.15) is 0 Å². The maximum absolute atomic E-state index is 10.2. The Kier molecular flexibility index (Phi) is 1.92. The molecule has 15 heavy (non-hydrogen) atoms. The first-order valence-electron chi connectivity index (χ1n) is 5.15. The van der Waals surface area contributed by atoms with Crippen molar-refractivity contribution in [1.29, 1.82) is 0 Å². The van der Waals surface area contributed by atoms with Gasteiger partial charge < -0.3 is 9.76 Å². The second-order valence-electron chi connectivity index (χ2n) is 3.91. The summed E-state index contributed by atoms with van der Waals surface area (Å²) in [4.78, 5) is 0. The Bertz CT molecular complexity index is 439. The first kappa shape index (κ1) is 8.80. The van der Waals surface area contributed by atoms with E-state index < -0.39 is 6.92 Å². The van der Waals surface area contributed by atoms with Crippen molar-refractivity contribution in [2.45, 2.75) is 11.9 Å².